The van der Waals surface area contributed by atoms with Crippen LogP contribution in [0.3, 0.4) is 0 Å². The summed E-state index contributed by atoms with van der Waals surface area (Å²) in [7, 11) is 0. The summed E-state index contributed by atoms with van der Waals surface area (Å²) < 4.78 is 10.8. The first kappa shape index (κ1) is 43.2. The van der Waals surface area contributed by atoms with Gasteiger partial charge in [0.05, 0.1) is 32.6 Å². The molecule has 2 unspecified atom stereocenters. The molecular formula is C37H62N6O6. The number of carbonyl (C=O) groups excluding carboxylic acids is 2. The third-order valence-electron chi connectivity index (χ3n) is 8.28. The number of urea groups is 1. The SMILES string of the molecule is C=CCOC(CO)C(=C)NCCCCCCN1C(=C)N(CCCCCCN=C=O)C(=O)N(CCCCCCNC(=C)C(CO)OC=C)C1=C. The monoisotopic (exact) mass is 686 g/mol. The Labute approximate surface area is 294 Å². The fraction of sp³-hybridized carbons (Fsp3) is 0.622. The van der Waals surface area contributed by atoms with E-state index in [9.17, 15) is 19.8 Å². The first-order chi connectivity index (χ1) is 23.8. The van der Waals surface area contributed by atoms with Gasteiger partial charge in [0.15, 0.2) is 6.10 Å². The van der Waals surface area contributed by atoms with Gasteiger partial charge in [0.2, 0.25) is 6.08 Å². The van der Waals surface area contributed by atoms with Crippen molar-refractivity contribution in [2.24, 2.45) is 4.99 Å². The summed E-state index contributed by atoms with van der Waals surface area (Å²) in [6, 6.07) is -0.0865. The summed E-state index contributed by atoms with van der Waals surface area (Å²) in [6.07, 6.45) is 14.6. The smallest absolute Gasteiger partial charge is 0.331 e. The quantitative estimate of drug-likeness (QED) is 0.0245. The van der Waals surface area contributed by atoms with Gasteiger partial charge in [-0.15, -0.1) is 6.58 Å². The van der Waals surface area contributed by atoms with E-state index < -0.39 is 12.2 Å². The number of rotatable bonds is 32. The molecular weight excluding hydrogens is 624 g/mol. The van der Waals surface area contributed by atoms with Gasteiger partial charge in [-0.25, -0.2) is 14.6 Å². The average Bonchev–Trinajstić information content (AvgIpc) is 3.09. The Morgan fingerprint density at radius 2 is 1.22 bits per heavy atom. The third-order valence-corrected chi connectivity index (χ3v) is 8.28. The minimum atomic E-state index is -0.512. The van der Waals surface area contributed by atoms with Crippen LogP contribution in [-0.4, -0.2) is 108 Å². The number of amides is 2. The summed E-state index contributed by atoms with van der Waals surface area (Å²) in [4.78, 5) is 33.2. The lowest BCUT2D eigenvalue weighted by Gasteiger charge is -2.46. The van der Waals surface area contributed by atoms with Crippen molar-refractivity contribution in [3.8, 4) is 0 Å². The Morgan fingerprint density at radius 3 is 1.69 bits per heavy atom. The van der Waals surface area contributed by atoms with Gasteiger partial charge < -0.3 is 35.2 Å². The number of nitrogens with zero attached hydrogens (tertiary/aromatic N) is 4. The van der Waals surface area contributed by atoms with Crippen molar-refractivity contribution in [1.82, 2.24) is 25.3 Å². The number of aliphatic imine (C=N–C) groups is 1. The number of ether oxygens (including phenoxy) is 2. The van der Waals surface area contributed by atoms with Gasteiger partial charge in [0, 0.05) is 44.1 Å². The molecule has 4 N–H and O–H groups in total. The van der Waals surface area contributed by atoms with Crippen molar-refractivity contribution in [3.63, 3.8) is 0 Å². The number of isocyanates is 1. The Hall–Kier alpha value is -3.83. The van der Waals surface area contributed by atoms with Crippen LogP contribution in [0.1, 0.15) is 77.0 Å². The summed E-state index contributed by atoms with van der Waals surface area (Å²) in [5.74, 6) is 1.33. The van der Waals surface area contributed by atoms with E-state index in [2.05, 4.69) is 60.0 Å². The molecule has 1 fully saturated rings. The Bertz CT molecular complexity index is 1090. The van der Waals surface area contributed by atoms with Gasteiger partial charge in [-0.2, -0.15) is 0 Å². The number of aliphatic hydroxyl groups excluding tert-OH is 2. The molecule has 276 valence electrons. The maximum Gasteiger partial charge on any atom is 0.331 e. The zero-order valence-electron chi connectivity index (χ0n) is 29.7. The normalized spacial score (nSPS) is 14.2. The standard InChI is InChI=1S/C37H62N6O6/c1-7-27-49-36(29-45)32(4)40-23-16-10-13-18-24-41-33(5)42(25-19-12-9-15-21-38-30-46)37(47)43(34(41)6)26-20-14-11-17-22-39-31(3)35(28-44)48-8-2/h7-8,35-36,39-40,44-45H,1-6,9-29H2. The first-order valence-corrected chi connectivity index (χ1v) is 17.6. The summed E-state index contributed by atoms with van der Waals surface area (Å²) in [6.45, 7) is 27.5. The highest BCUT2D eigenvalue weighted by molar-refractivity contribution is 5.79. The summed E-state index contributed by atoms with van der Waals surface area (Å²) >= 11 is 0. The number of unbranched alkanes of at least 4 members (excludes halogenated alkanes) is 9. The molecule has 0 aromatic heterocycles. The second-order valence-electron chi connectivity index (χ2n) is 12.0. The number of hydrogen-bond donors (Lipinski definition) is 4. The molecule has 1 rings (SSSR count). The highest BCUT2D eigenvalue weighted by Gasteiger charge is 2.35. The van der Waals surface area contributed by atoms with E-state index in [4.69, 9.17) is 9.47 Å². The van der Waals surface area contributed by atoms with Crippen LogP contribution in [0.25, 0.3) is 0 Å². The molecule has 1 aliphatic heterocycles. The molecule has 0 aliphatic carbocycles. The topological polar surface area (TPSA) is 139 Å². The van der Waals surface area contributed by atoms with E-state index in [1.54, 1.807) is 22.0 Å². The Kier molecular flexibility index (Phi) is 23.8. The van der Waals surface area contributed by atoms with Crippen LogP contribution in [0, 0.1) is 0 Å². The fourth-order valence-electron chi connectivity index (χ4n) is 5.40. The second-order valence-corrected chi connectivity index (χ2v) is 12.0. The molecule has 12 heteroatoms. The van der Waals surface area contributed by atoms with Crippen LogP contribution < -0.4 is 10.6 Å². The van der Waals surface area contributed by atoms with Gasteiger partial charge >= 0.3 is 6.03 Å². The number of aliphatic hydroxyl groups is 2. The van der Waals surface area contributed by atoms with Crippen molar-refractivity contribution < 1.29 is 29.3 Å². The average molecular weight is 687 g/mol. The maximum absolute atomic E-state index is 13.7. The van der Waals surface area contributed by atoms with Crippen LogP contribution in [0.5, 0.6) is 0 Å². The number of carbonyl (C=O) groups is 1. The van der Waals surface area contributed by atoms with Crippen LogP contribution in [0.15, 0.2) is 79.8 Å². The van der Waals surface area contributed by atoms with Gasteiger partial charge in [-0.1, -0.05) is 77.5 Å². The van der Waals surface area contributed by atoms with E-state index in [0.29, 0.717) is 62.4 Å². The molecule has 0 bridgehead atoms. The lowest BCUT2D eigenvalue weighted by Crippen LogP contribution is -2.54. The molecule has 2 atom stereocenters. The van der Waals surface area contributed by atoms with Gasteiger partial charge in [0.1, 0.15) is 17.7 Å². The summed E-state index contributed by atoms with van der Waals surface area (Å²) in [5, 5.41) is 25.4. The van der Waals surface area contributed by atoms with Crippen molar-refractivity contribution in [3.05, 3.63) is 74.8 Å². The minimum Gasteiger partial charge on any atom is -0.490 e. The van der Waals surface area contributed by atoms with E-state index in [1.165, 1.54) is 6.26 Å². The fourth-order valence-corrected chi connectivity index (χ4v) is 5.40. The second kappa shape index (κ2) is 27.0. The lowest BCUT2D eigenvalue weighted by molar-refractivity contribution is 0.0485. The maximum atomic E-state index is 13.7. The molecule has 0 radical (unpaired) electrons. The molecule has 1 heterocycles. The largest absolute Gasteiger partial charge is 0.490 e. The molecule has 0 saturated carbocycles. The molecule has 1 saturated heterocycles. The van der Waals surface area contributed by atoms with Crippen molar-refractivity contribution in [1.29, 1.82) is 0 Å². The van der Waals surface area contributed by atoms with Crippen LogP contribution in [0.2, 0.25) is 0 Å². The predicted octanol–water partition coefficient (Wildman–Crippen LogP) is 5.28. The molecule has 0 aromatic rings. The van der Waals surface area contributed by atoms with Crippen molar-refractivity contribution >= 4 is 12.1 Å². The lowest BCUT2D eigenvalue weighted by atomic mass is 10.1. The van der Waals surface area contributed by atoms with E-state index >= 15 is 0 Å². The zero-order chi connectivity index (χ0) is 36.3. The van der Waals surface area contributed by atoms with Crippen molar-refractivity contribution in [2.75, 3.05) is 59.1 Å². The molecule has 12 nitrogen and oxygen atoms in total. The molecule has 0 spiro atoms. The molecule has 49 heavy (non-hydrogen) atoms. The van der Waals surface area contributed by atoms with Gasteiger partial charge in [-0.3, -0.25) is 9.80 Å². The predicted molar refractivity (Wildman–Crippen MR) is 196 cm³/mol. The van der Waals surface area contributed by atoms with Crippen LogP contribution in [-0.2, 0) is 14.3 Å². The molecule has 0 aromatic carbocycles. The van der Waals surface area contributed by atoms with Crippen LogP contribution in [0.4, 0.5) is 4.79 Å². The number of nitrogens with one attached hydrogen (secondary N) is 2. The van der Waals surface area contributed by atoms with E-state index in [0.717, 1.165) is 83.6 Å². The molecule has 2 amide bonds. The van der Waals surface area contributed by atoms with E-state index in [1.807, 2.05) is 0 Å². The van der Waals surface area contributed by atoms with Gasteiger partial charge in [0.25, 0.3) is 0 Å². The first-order valence-electron chi connectivity index (χ1n) is 17.6. The molecule has 1 aliphatic rings. The summed E-state index contributed by atoms with van der Waals surface area (Å²) in [5.41, 5.74) is 1.29. The van der Waals surface area contributed by atoms with E-state index in [-0.39, 0.29) is 19.2 Å². The zero-order valence-corrected chi connectivity index (χ0v) is 29.7. The van der Waals surface area contributed by atoms with Gasteiger partial charge in [-0.05, 0) is 38.5 Å². The Balaban J connectivity index is 2.63. The number of hydrogen-bond acceptors (Lipinski definition) is 10. The highest BCUT2D eigenvalue weighted by Crippen LogP contribution is 2.28. The third kappa shape index (κ3) is 16.9. The Morgan fingerprint density at radius 1 is 0.755 bits per heavy atom. The highest BCUT2D eigenvalue weighted by atomic mass is 16.5. The minimum absolute atomic E-state index is 0.0865. The van der Waals surface area contributed by atoms with Crippen LogP contribution >= 0.6 is 0 Å². The van der Waals surface area contributed by atoms with Crippen molar-refractivity contribution in [2.45, 2.75) is 89.3 Å².